The molecule has 0 aliphatic carbocycles. The summed E-state index contributed by atoms with van der Waals surface area (Å²) in [6, 6.07) is 15.4. The summed E-state index contributed by atoms with van der Waals surface area (Å²) in [6.07, 6.45) is -1.09. The maximum atomic E-state index is 12.0. The van der Waals surface area contributed by atoms with Crippen LogP contribution in [0.5, 0.6) is 11.5 Å². The van der Waals surface area contributed by atoms with E-state index in [4.69, 9.17) is 9.47 Å². The summed E-state index contributed by atoms with van der Waals surface area (Å²) in [5.74, 6) is 0.358. The number of ether oxygens (including phenoxy) is 2. The number of benzene rings is 2. The van der Waals surface area contributed by atoms with Crippen molar-refractivity contribution < 1.29 is 19.4 Å². The Morgan fingerprint density at radius 2 is 1.62 bits per heavy atom. The minimum atomic E-state index is -1.09. The standard InChI is InChI=1S/C17H16O4/c1-12(16(18)13-6-4-3-5-7-13)17(19)21-15-10-8-14(20-2)9-11-15/h3-11,16,18H,1H2,2H3. The van der Waals surface area contributed by atoms with Crippen molar-refractivity contribution in [3.8, 4) is 11.5 Å². The molecule has 0 saturated carbocycles. The van der Waals surface area contributed by atoms with Gasteiger partial charge < -0.3 is 14.6 Å². The average molecular weight is 284 g/mol. The van der Waals surface area contributed by atoms with Crippen LogP contribution in [0.3, 0.4) is 0 Å². The number of aliphatic hydroxyl groups excluding tert-OH is 1. The van der Waals surface area contributed by atoms with Gasteiger partial charge in [-0.15, -0.1) is 0 Å². The van der Waals surface area contributed by atoms with Gasteiger partial charge in [0.05, 0.1) is 12.7 Å². The monoisotopic (exact) mass is 284 g/mol. The van der Waals surface area contributed by atoms with Gasteiger partial charge in [-0.05, 0) is 29.8 Å². The molecule has 0 aromatic heterocycles. The van der Waals surface area contributed by atoms with Gasteiger partial charge in [0, 0.05) is 0 Å². The zero-order valence-corrected chi connectivity index (χ0v) is 11.7. The molecule has 0 fully saturated rings. The van der Waals surface area contributed by atoms with Gasteiger partial charge in [0.2, 0.25) is 0 Å². The van der Waals surface area contributed by atoms with Crippen molar-refractivity contribution in [2.24, 2.45) is 0 Å². The molecule has 2 rings (SSSR count). The molecule has 0 aliphatic heterocycles. The van der Waals surface area contributed by atoms with E-state index in [-0.39, 0.29) is 5.57 Å². The number of esters is 1. The normalized spacial score (nSPS) is 11.5. The quantitative estimate of drug-likeness (QED) is 0.521. The molecule has 21 heavy (non-hydrogen) atoms. The third kappa shape index (κ3) is 3.70. The molecule has 108 valence electrons. The molecule has 1 atom stereocenters. The fourth-order valence-corrected chi connectivity index (χ4v) is 1.76. The Morgan fingerprint density at radius 1 is 1.05 bits per heavy atom. The third-order valence-electron chi connectivity index (χ3n) is 2.98. The second kappa shape index (κ2) is 6.72. The minimum Gasteiger partial charge on any atom is -0.497 e. The van der Waals surface area contributed by atoms with Crippen LogP contribution in [0, 0.1) is 0 Å². The predicted molar refractivity (Wildman–Crippen MR) is 79.2 cm³/mol. The molecule has 0 spiro atoms. The lowest BCUT2D eigenvalue weighted by atomic mass is 10.0. The topological polar surface area (TPSA) is 55.8 Å². The lowest BCUT2D eigenvalue weighted by molar-refractivity contribution is -0.131. The summed E-state index contributed by atoms with van der Waals surface area (Å²) >= 11 is 0. The van der Waals surface area contributed by atoms with E-state index in [1.54, 1.807) is 55.6 Å². The van der Waals surface area contributed by atoms with Gasteiger partial charge in [-0.2, -0.15) is 0 Å². The molecule has 0 saturated heterocycles. The number of methoxy groups -OCH3 is 1. The number of aliphatic hydroxyl groups is 1. The van der Waals surface area contributed by atoms with Crippen LogP contribution in [0.25, 0.3) is 0 Å². The van der Waals surface area contributed by atoms with Gasteiger partial charge in [-0.3, -0.25) is 0 Å². The maximum Gasteiger partial charge on any atom is 0.341 e. The van der Waals surface area contributed by atoms with Crippen molar-refractivity contribution in [2.45, 2.75) is 6.10 Å². The van der Waals surface area contributed by atoms with Crippen LogP contribution in [-0.4, -0.2) is 18.2 Å². The highest BCUT2D eigenvalue weighted by atomic mass is 16.5. The molecule has 2 aromatic carbocycles. The molecule has 2 aromatic rings. The van der Waals surface area contributed by atoms with E-state index in [1.165, 1.54) is 0 Å². The van der Waals surface area contributed by atoms with Crippen molar-refractivity contribution in [1.82, 2.24) is 0 Å². The lowest BCUT2D eigenvalue weighted by Gasteiger charge is -2.13. The summed E-state index contributed by atoms with van der Waals surface area (Å²) in [6.45, 7) is 3.61. The second-order valence-corrected chi connectivity index (χ2v) is 4.40. The van der Waals surface area contributed by atoms with Gasteiger partial charge in [-0.25, -0.2) is 4.79 Å². The molecule has 0 radical (unpaired) electrons. The number of hydrogen-bond donors (Lipinski definition) is 1. The highest BCUT2D eigenvalue weighted by molar-refractivity contribution is 5.90. The largest absolute Gasteiger partial charge is 0.497 e. The minimum absolute atomic E-state index is 0.0166. The van der Waals surface area contributed by atoms with Crippen LogP contribution in [0.2, 0.25) is 0 Å². The summed E-state index contributed by atoms with van der Waals surface area (Å²) in [5, 5.41) is 10.1. The Bertz CT molecular complexity index is 617. The van der Waals surface area contributed by atoms with Crippen molar-refractivity contribution in [2.75, 3.05) is 7.11 Å². The Hall–Kier alpha value is -2.59. The van der Waals surface area contributed by atoms with E-state index in [0.717, 1.165) is 0 Å². The van der Waals surface area contributed by atoms with Crippen LogP contribution < -0.4 is 9.47 Å². The molecule has 0 aliphatic rings. The van der Waals surface area contributed by atoms with E-state index in [1.807, 2.05) is 6.07 Å². The number of carbonyl (C=O) groups is 1. The molecule has 4 heteroatoms. The molecule has 1 unspecified atom stereocenters. The SMILES string of the molecule is C=C(C(=O)Oc1ccc(OC)cc1)C(O)c1ccccc1. The molecule has 0 amide bonds. The Balaban J connectivity index is 2.03. The first kappa shape index (κ1) is 14.8. The van der Waals surface area contributed by atoms with Crippen molar-refractivity contribution >= 4 is 5.97 Å². The van der Waals surface area contributed by atoms with Gasteiger partial charge >= 0.3 is 5.97 Å². The Kier molecular flexibility index (Phi) is 4.74. The van der Waals surface area contributed by atoms with Gasteiger partial charge in [0.25, 0.3) is 0 Å². The van der Waals surface area contributed by atoms with E-state index in [2.05, 4.69) is 6.58 Å². The van der Waals surface area contributed by atoms with Crippen LogP contribution in [0.1, 0.15) is 11.7 Å². The third-order valence-corrected chi connectivity index (χ3v) is 2.98. The fourth-order valence-electron chi connectivity index (χ4n) is 1.76. The Labute approximate surface area is 123 Å². The summed E-state index contributed by atoms with van der Waals surface area (Å²) < 4.78 is 10.2. The molecule has 1 N–H and O–H groups in total. The van der Waals surface area contributed by atoms with E-state index in [0.29, 0.717) is 17.1 Å². The molecular weight excluding hydrogens is 268 g/mol. The molecule has 4 nitrogen and oxygen atoms in total. The van der Waals surface area contributed by atoms with Crippen molar-refractivity contribution in [3.05, 3.63) is 72.3 Å². The smallest absolute Gasteiger partial charge is 0.341 e. The first-order valence-corrected chi connectivity index (χ1v) is 6.40. The number of hydrogen-bond acceptors (Lipinski definition) is 4. The summed E-state index contributed by atoms with van der Waals surface area (Å²) in [4.78, 5) is 12.0. The van der Waals surface area contributed by atoms with E-state index in [9.17, 15) is 9.90 Å². The number of rotatable bonds is 5. The van der Waals surface area contributed by atoms with Crippen LogP contribution in [0.4, 0.5) is 0 Å². The van der Waals surface area contributed by atoms with Crippen molar-refractivity contribution in [1.29, 1.82) is 0 Å². The van der Waals surface area contributed by atoms with Gasteiger partial charge in [-0.1, -0.05) is 36.9 Å². The highest BCUT2D eigenvalue weighted by Gasteiger charge is 2.20. The van der Waals surface area contributed by atoms with E-state index >= 15 is 0 Å². The van der Waals surface area contributed by atoms with Crippen LogP contribution in [0.15, 0.2) is 66.7 Å². The summed E-state index contributed by atoms with van der Waals surface area (Å²) in [5.41, 5.74) is 0.575. The number of carbonyl (C=O) groups excluding carboxylic acids is 1. The van der Waals surface area contributed by atoms with E-state index < -0.39 is 12.1 Å². The highest BCUT2D eigenvalue weighted by Crippen LogP contribution is 2.23. The van der Waals surface area contributed by atoms with Gasteiger partial charge in [0.1, 0.15) is 17.6 Å². The second-order valence-electron chi connectivity index (χ2n) is 4.40. The first-order valence-electron chi connectivity index (χ1n) is 6.40. The van der Waals surface area contributed by atoms with Crippen molar-refractivity contribution in [3.63, 3.8) is 0 Å². The molecule has 0 bridgehead atoms. The lowest BCUT2D eigenvalue weighted by Crippen LogP contribution is -2.16. The van der Waals surface area contributed by atoms with Crippen LogP contribution in [-0.2, 0) is 4.79 Å². The molecule has 0 heterocycles. The Morgan fingerprint density at radius 3 is 2.19 bits per heavy atom. The van der Waals surface area contributed by atoms with Crippen LogP contribution >= 0.6 is 0 Å². The van der Waals surface area contributed by atoms with Gasteiger partial charge in [0.15, 0.2) is 0 Å². The summed E-state index contributed by atoms with van der Waals surface area (Å²) in [7, 11) is 1.55. The maximum absolute atomic E-state index is 12.0. The zero-order chi connectivity index (χ0) is 15.2. The molecular formula is C17H16O4. The zero-order valence-electron chi connectivity index (χ0n) is 11.7. The average Bonchev–Trinajstić information content (AvgIpc) is 2.55. The predicted octanol–water partition coefficient (Wildman–Crippen LogP) is 2.89. The first-order chi connectivity index (χ1) is 10.1. The fraction of sp³-hybridized carbons (Fsp3) is 0.118.